The standard InChI is InChI=1S/C28H38F2N4O3/c1-3-8-28(29,30)17-23(24(35)18-27(19-31)9-10-27)32-25(36)33-14-11-26(12-15-33)13-16-34(20-26)21-4-6-22(37-2)7-5-21/h4-7,23H,3,8-18,20H2,1-2H3,(H,32,36)/t23-/m0/s1. The van der Waals surface area contributed by atoms with Crippen LogP contribution >= 0.6 is 0 Å². The number of nitrogens with zero attached hydrogens (tertiary/aromatic N) is 3. The third-order valence-corrected chi connectivity index (χ3v) is 8.40. The predicted molar refractivity (Wildman–Crippen MR) is 137 cm³/mol. The zero-order valence-electron chi connectivity index (χ0n) is 21.9. The molecule has 1 aliphatic carbocycles. The maximum absolute atomic E-state index is 14.5. The summed E-state index contributed by atoms with van der Waals surface area (Å²) in [5.41, 5.74) is 0.527. The number of anilines is 1. The first-order valence-corrected chi connectivity index (χ1v) is 13.4. The van der Waals surface area contributed by atoms with Gasteiger partial charge in [-0.1, -0.05) is 13.3 Å². The smallest absolute Gasteiger partial charge is 0.317 e. The molecular weight excluding hydrogens is 478 g/mol. The van der Waals surface area contributed by atoms with Crippen molar-refractivity contribution >= 4 is 17.5 Å². The molecule has 202 valence electrons. The molecule has 9 heteroatoms. The lowest BCUT2D eigenvalue weighted by atomic mass is 9.78. The molecule has 3 aliphatic rings. The summed E-state index contributed by atoms with van der Waals surface area (Å²) in [4.78, 5) is 30.0. The van der Waals surface area contributed by atoms with Crippen LogP contribution in [-0.4, -0.2) is 62.0 Å². The molecule has 1 spiro atoms. The van der Waals surface area contributed by atoms with Crippen molar-refractivity contribution in [3.8, 4) is 11.8 Å². The van der Waals surface area contributed by atoms with Crippen LogP contribution in [0.4, 0.5) is 19.3 Å². The molecular formula is C28H38F2N4O3. The molecule has 0 unspecified atom stereocenters. The maximum atomic E-state index is 14.5. The molecule has 7 nitrogen and oxygen atoms in total. The van der Waals surface area contributed by atoms with E-state index in [1.54, 1.807) is 18.9 Å². The number of urea groups is 1. The van der Waals surface area contributed by atoms with Crippen molar-refractivity contribution in [2.75, 3.05) is 38.2 Å². The summed E-state index contributed by atoms with van der Waals surface area (Å²) in [6, 6.07) is 8.43. The minimum Gasteiger partial charge on any atom is -0.497 e. The number of methoxy groups -OCH3 is 1. The van der Waals surface area contributed by atoms with Crippen LogP contribution in [0.5, 0.6) is 5.75 Å². The van der Waals surface area contributed by atoms with Crippen LogP contribution in [0.15, 0.2) is 24.3 Å². The van der Waals surface area contributed by atoms with Gasteiger partial charge in [-0.3, -0.25) is 4.79 Å². The van der Waals surface area contributed by atoms with Gasteiger partial charge in [0.05, 0.1) is 24.6 Å². The van der Waals surface area contributed by atoms with Gasteiger partial charge in [-0.15, -0.1) is 0 Å². The van der Waals surface area contributed by atoms with E-state index in [9.17, 15) is 23.6 Å². The predicted octanol–water partition coefficient (Wildman–Crippen LogP) is 5.15. The molecule has 2 saturated heterocycles. The summed E-state index contributed by atoms with van der Waals surface area (Å²) in [5.74, 6) is -2.70. The molecule has 0 aromatic heterocycles. The summed E-state index contributed by atoms with van der Waals surface area (Å²) in [6.45, 7) is 4.57. The van der Waals surface area contributed by atoms with Gasteiger partial charge in [0, 0.05) is 51.1 Å². The van der Waals surface area contributed by atoms with E-state index in [2.05, 4.69) is 28.4 Å². The maximum Gasteiger partial charge on any atom is 0.317 e. The number of hydrogen-bond acceptors (Lipinski definition) is 5. The Kier molecular flexibility index (Phi) is 7.96. The Morgan fingerprint density at radius 3 is 2.35 bits per heavy atom. The van der Waals surface area contributed by atoms with Gasteiger partial charge in [-0.05, 0) is 61.8 Å². The van der Waals surface area contributed by atoms with E-state index in [-0.39, 0.29) is 24.7 Å². The number of alkyl halides is 2. The molecule has 1 saturated carbocycles. The number of ether oxygens (including phenoxy) is 1. The van der Waals surface area contributed by atoms with Crippen LogP contribution in [0.2, 0.25) is 0 Å². The lowest BCUT2D eigenvalue weighted by Crippen LogP contribution is -2.53. The fraction of sp³-hybridized carbons (Fsp3) is 0.679. The van der Waals surface area contributed by atoms with E-state index >= 15 is 0 Å². The largest absolute Gasteiger partial charge is 0.497 e. The number of piperidine rings is 1. The van der Waals surface area contributed by atoms with Gasteiger partial charge in [-0.2, -0.15) is 5.26 Å². The molecule has 1 aromatic carbocycles. The van der Waals surface area contributed by atoms with Crippen molar-refractivity contribution in [1.29, 1.82) is 5.26 Å². The van der Waals surface area contributed by atoms with Crippen LogP contribution < -0.4 is 15.0 Å². The van der Waals surface area contributed by atoms with Crippen molar-refractivity contribution in [3.05, 3.63) is 24.3 Å². The second kappa shape index (κ2) is 10.8. The number of rotatable bonds is 10. The number of carbonyl (C=O) groups excluding carboxylic acids is 2. The minimum absolute atomic E-state index is 0.0824. The molecule has 3 fully saturated rings. The van der Waals surface area contributed by atoms with Gasteiger partial charge in [0.15, 0.2) is 5.78 Å². The van der Waals surface area contributed by atoms with Crippen LogP contribution in [0, 0.1) is 22.2 Å². The van der Waals surface area contributed by atoms with Crippen molar-refractivity contribution in [3.63, 3.8) is 0 Å². The van der Waals surface area contributed by atoms with Crippen LogP contribution in [0.1, 0.15) is 64.7 Å². The number of carbonyl (C=O) groups is 2. The average Bonchev–Trinajstić information content (AvgIpc) is 3.54. The number of ketones is 1. The SMILES string of the molecule is CCCC(F)(F)C[C@H](NC(=O)N1CCC2(CC1)CCN(c1ccc(OC)cc1)C2)C(=O)CC1(C#N)CC1. The summed E-state index contributed by atoms with van der Waals surface area (Å²) >= 11 is 0. The molecule has 0 bridgehead atoms. The van der Waals surface area contributed by atoms with Crippen molar-refractivity contribution < 1.29 is 23.1 Å². The zero-order valence-corrected chi connectivity index (χ0v) is 21.9. The second-order valence-electron chi connectivity index (χ2n) is 11.2. The molecule has 2 amide bonds. The van der Waals surface area contributed by atoms with E-state index in [1.807, 2.05) is 12.1 Å². The Labute approximate surface area is 218 Å². The Balaban J connectivity index is 1.34. The fourth-order valence-electron chi connectivity index (χ4n) is 5.73. The molecule has 37 heavy (non-hydrogen) atoms. The fourth-order valence-corrected chi connectivity index (χ4v) is 5.73. The van der Waals surface area contributed by atoms with E-state index in [0.717, 1.165) is 43.8 Å². The number of halogens is 2. The summed E-state index contributed by atoms with van der Waals surface area (Å²) in [7, 11) is 1.65. The molecule has 4 rings (SSSR count). The second-order valence-corrected chi connectivity index (χ2v) is 11.2. The number of amides is 2. The number of benzene rings is 1. The third kappa shape index (κ3) is 6.52. The van der Waals surface area contributed by atoms with Gasteiger partial charge in [0.2, 0.25) is 0 Å². The van der Waals surface area contributed by atoms with Gasteiger partial charge in [0.1, 0.15) is 5.75 Å². The highest BCUT2D eigenvalue weighted by Crippen LogP contribution is 2.48. The Morgan fingerprint density at radius 2 is 1.78 bits per heavy atom. The average molecular weight is 517 g/mol. The molecule has 0 radical (unpaired) electrons. The molecule has 1 atom stereocenters. The molecule has 1 N–H and O–H groups in total. The van der Waals surface area contributed by atoms with Crippen molar-refractivity contribution in [2.24, 2.45) is 10.8 Å². The summed E-state index contributed by atoms with van der Waals surface area (Å²) in [6.07, 6.45) is 3.03. The number of nitrogens with one attached hydrogen (secondary N) is 1. The molecule has 2 heterocycles. The van der Waals surface area contributed by atoms with E-state index in [4.69, 9.17) is 4.74 Å². The Bertz CT molecular complexity index is 1010. The van der Waals surface area contributed by atoms with Crippen molar-refractivity contribution in [2.45, 2.75) is 76.7 Å². The highest BCUT2D eigenvalue weighted by Gasteiger charge is 2.48. The Hall–Kier alpha value is -2.89. The molecule has 1 aromatic rings. The topological polar surface area (TPSA) is 85.7 Å². The number of hydrogen-bond donors (Lipinski definition) is 1. The van der Waals surface area contributed by atoms with E-state index < -0.39 is 35.6 Å². The van der Waals surface area contributed by atoms with Gasteiger partial charge in [0.25, 0.3) is 5.92 Å². The summed E-state index contributed by atoms with van der Waals surface area (Å²) in [5, 5.41) is 12.0. The third-order valence-electron chi connectivity index (χ3n) is 8.40. The highest BCUT2D eigenvalue weighted by atomic mass is 19.3. The monoisotopic (exact) mass is 516 g/mol. The highest BCUT2D eigenvalue weighted by molar-refractivity contribution is 5.89. The lowest BCUT2D eigenvalue weighted by molar-refractivity contribution is -0.124. The van der Waals surface area contributed by atoms with Crippen molar-refractivity contribution in [1.82, 2.24) is 10.2 Å². The minimum atomic E-state index is -3.05. The quantitative estimate of drug-likeness (QED) is 0.465. The van der Waals surface area contributed by atoms with Gasteiger partial charge in [-0.25, -0.2) is 13.6 Å². The van der Waals surface area contributed by atoms with Crippen LogP contribution in [0.25, 0.3) is 0 Å². The number of likely N-dealkylation sites (tertiary alicyclic amines) is 1. The first-order valence-electron chi connectivity index (χ1n) is 13.4. The van der Waals surface area contributed by atoms with Crippen LogP contribution in [-0.2, 0) is 4.79 Å². The first kappa shape index (κ1) is 27.2. The normalized spacial score (nSPS) is 20.8. The summed E-state index contributed by atoms with van der Waals surface area (Å²) < 4.78 is 34.2. The van der Waals surface area contributed by atoms with Crippen LogP contribution in [0.3, 0.4) is 0 Å². The van der Waals surface area contributed by atoms with Gasteiger partial charge >= 0.3 is 6.03 Å². The van der Waals surface area contributed by atoms with Gasteiger partial charge < -0.3 is 19.9 Å². The number of Topliss-reactive ketones (excluding diaryl/α,β-unsaturated/α-hetero) is 1. The zero-order chi connectivity index (χ0) is 26.7. The van der Waals surface area contributed by atoms with E-state index in [0.29, 0.717) is 25.9 Å². The molecule has 2 aliphatic heterocycles. The first-order chi connectivity index (χ1) is 17.6. The number of nitriles is 1. The van der Waals surface area contributed by atoms with E-state index in [1.165, 1.54) is 0 Å². The Morgan fingerprint density at radius 1 is 1.14 bits per heavy atom. The lowest BCUT2D eigenvalue weighted by Gasteiger charge is -2.40.